The molecule has 0 aliphatic rings. The Hall–Kier alpha value is -1.70. The van der Waals surface area contributed by atoms with Crippen LogP contribution in [0, 0.1) is 0 Å². The van der Waals surface area contributed by atoms with Gasteiger partial charge < -0.3 is 9.47 Å². The zero-order valence-corrected chi connectivity index (χ0v) is 11.1. The Morgan fingerprint density at radius 1 is 1.33 bits per heavy atom. The monoisotopic (exact) mass is 246 g/mol. The number of benzene rings is 1. The van der Waals surface area contributed by atoms with Crippen molar-refractivity contribution in [2.24, 2.45) is 0 Å². The molecule has 98 valence electrons. The lowest BCUT2D eigenvalue weighted by Crippen LogP contribution is -2.06. The maximum Gasteiger partial charge on any atom is 0.272 e. The average Bonchev–Trinajstić information content (AvgIpc) is 2.39. The van der Waals surface area contributed by atoms with Gasteiger partial charge in [-0.2, -0.15) is 0 Å². The van der Waals surface area contributed by atoms with Crippen LogP contribution in [0.25, 0.3) is 0 Å². The Bertz CT molecular complexity index is 357. The van der Waals surface area contributed by atoms with Gasteiger partial charge in [-0.3, -0.25) is 0 Å². The lowest BCUT2D eigenvalue weighted by molar-refractivity contribution is -0.00744. The van der Waals surface area contributed by atoms with Crippen LogP contribution in [0.2, 0.25) is 0 Å². The number of unbranched alkanes of at least 4 members (excludes halogenated alkanes) is 1. The van der Waals surface area contributed by atoms with Crippen LogP contribution < -0.4 is 0 Å². The Balaban J connectivity index is 2.62. The summed E-state index contributed by atoms with van der Waals surface area (Å²) in [6.45, 7) is 10.0. The molecule has 2 nitrogen and oxygen atoms in total. The van der Waals surface area contributed by atoms with E-state index in [4.69, 9.17) is 9.47 Å². The zero-order valence-electron chi connectivity index (χ0n) is 11.1. The molecule has 2 heteroatoms. The summed E-state index contributed by atoms with van der Waals surface area (Å²) in [7, 11) is 0. The molecule has 0 saturated carbocycles. The Morgan fingerprint density at radius 3 is 2.67 bits per heavy atom. The van der Waals surface area contributed by atoms with Crippen LogP contribution in [0.4, 0.5) is 0 Å². The Kier molecular flexibility index (Phi) is 6.70. The topological polar surface area (TPSA) is 18.5 Å². The van der Waals surface area contributed by atoms with Crippen LogP contribution in [-0.2, 0) is 9.47 Å². The summed E-state index contributed by atoms with van der Waals surface area (Å²) in [5, 5.41) is 0. The molecule has 0 spiro atoms. The summed E-state index contributed by atoms with van der Waals surface area (Å²) in [6.07, 6.45) is 4.91. The van der Waals surface area contributed by atoms with Crippen molar-refractivity contribution < 1.29 is 9.47 Å². The fourth-order valence-corrected chi connectivity index (χ4v) is 1.76. The molecule has 1 aromatic carbocycles. The lowest BCUT2D eigenvalue weighted by Gasteiger charge is -2.20. The quantitative estimate of drug-likeness (QED) is 0.360. The fourth-order valence-electron chi connectivity index (χ4n) is 1.76. The van der Waals surface area contributed by atoms with Crippen molar-refractivity contribution in [3.8, 4) is 0 Å². The molecule has 0 fully saturated rings. The minimum absolute atomic E-state index is 0.00481. The molecule has 0 aliphatic heterocycles. The Labute approximate surface area is 110 Å². The third-order valence-electron chi connectivity index (χ3n) is 2.62. The van der Waals surface area contributed by atoms with Gasteiger partial charge in [-0.15, -0.1) is 6.58 Å². The van der Waals surface area contributed by atoms with Crippen LogP contribution in [0.5, 0.6) is 0 Å². The first-order chi connectivity index (χ1) is 8.77. The highest BCUT2D eigenvalue weighted by atomic mass is 16.7. The van der Waals surface area contributed by atoms with Gasteiger partial charge in [0.05, 0.1) is 6.61 Å². The van der Waals surface area contributed by atoms with Crippen LogP contribution in [0.3, 0.4) is 0 Å². The average molecular weight is 246 g/mol. The largest absolute Gasteiger partial charge is 0.466 e. The summed E-state index contributed by atoms with van der Waals surface area (Å²) >= 11 is 0. The number of allylic oxidation sites excluding steroid dienone is 1. The van der Waals surface area contributed by atoms with Crippen LogP contribution in [0.15, 0.2) is 55.5 Å². The summed E-state index contributed by atoms with van der Waals surface area (Å²) in [6, 6.07) is 10.2. The second kappa shape index (κ2) is 8.40. The molecule has 1 unspecified atom stereocenters. The van der Waals surface area contributed by atoms with Gasteiger partial charge in [0, 0.05) is 0 Å². The standard InChI is InChI=1S/C16H22O2/c1-4-6-8-13-16(18-14(3)17-5-2)15-11-9-7-10-12-15/h4,7,9-12,16H,1,3,5-6,8,13H2,2H3. The van der Waals surface area contributed by atoms with Gasteiger partial charge in [-0.1, -0.05) is 36.4 Å². The molecule has 0 aliphatic carbocycles. The number of rotatable bonds is 9. The van der Waals surface area contributed by atoms with E-state index < -0.39 is 0 Å². The predicted molar refractivity (Wildman–Crippen MR) is 75.1 cm³/mol. The van der Waals surface area contributed by atoms with Crippen LogP contribution in [-0.4, -0.2) is 6.61 Å². The van der Waals surface area contributed by atoms with Crippen molar-refractivity contribution in [3.63, 3.8) is 0 Å². The van der Waals surface area contributed by atoms with E-state index in [9.17, 15) is 0 Å². The molecular weight excluding hydrogens is 224 g/mol. The van der Waals surface area contributed by atoms with E-state index in [0.29, 0.717) is 12.6 Å². The summed E-state index contributed by atoms with van der Waals surface area (Å²) in [4.78, 5) is 0. The highest BCUT2D eigenvalue weighted by Crippen LogP contribution is 2.26. The van der Waals surface area contributed by atoms with Crippen molar-refractivity contribution in [2.75, 3.05) is 6.61 Å². The zero-order chi connectivity index (χ0) is 13.2. The minimum Gasteiger partial charge on any atom is -0.466 e. The fraction of sp³-hybridized carbons (Fsp3) is 0.375. The van der Waals surface area contributed by atoms with Gasteiger partial charge in [0.15, 0.2) is 0 Å². The van der Waals surface area contributed by atoms with Gasteiger partial charge in [0.1, 0.15) is 6.10 Å². The first-order valence-corrected chi connectivity index (χ1v) is 6.42. The van der Waals surface area contributed by atoms with Crippen molar-refractivity contribution in [3.05, 3.63) is 61.1 Å². The molecule has 0 saturated heterocycles. The molecule has 1 rings (SSSR count). The van der Waals surface area contributed by atoms with Gasteiger partial charge in [-0.25, -0.2) is 0 Å². The van der Waals surface area contributed by atoms with E-state index in [2.05, 4.69) is 25.3 Å². The number of ether oxygens (including phenoxy) is 2. The van der Waals surface area contributed by atoms with E-state index >= 15 is 0 Å². The highest BCUT2D eigenvalue weighted by Gasteiger charge is 2.13. The SMILES string of the molecule is C=CCCCC(OC(=C)OCC)c1ccccc1. The molecule has 0 N–H and O–H groups in total. The normalized spacial score (nSPS) is 11.6. The molecule has 0 aromatic heterocycles. The number of hydrogen-bond acceptors (Lipinski definition) is 2. The smallest absolute Gasteiger partial charge is 0.272 e. The molecule has 0 bridgehead atoms. The molecule has 0 radical (unpaired) electrons. The summed E-state index contributed by atoms with van der Waals surface area (Å²) in [5.74, 6) is 0.393. The van der Waals surface area contributed by atoms with Crippen LogP contribution in [0.1, 0.15) is 37.9 Å². The molecule has 1 aromatic rings. The maximum atomic E-state index is 5.77. The minimum atomic E-state index is 0.00481. The Morgan fingerprint density at radius 2 is 2.06 bits per heavy atom. The third kappa shape index (κ3) is 5.09. The van der Waals surface area contributed by atoms with E-state index in [-0.39, 0.29) is 6.10 Å². The molecule has 0 amide bonds. The van der Waals surface area contributed by atoms with Gasteiger partial charge in [-0.05, 0) is 38.3 Å². The van der Waals surface area contributed by atoms with Gasteiger partial charge in [0.25, 0.3) is 5.95 Å². The predicted octanol–water partition coefficient (Wildman–Crippen LogP) is 4.61. The van der Waals surface area contributed by atoms with Crippen molar-refractivity contribution in [1.29, 1.82) is 0 Å². The van der Waals surface area contributed by atoms with Crippen molar-refractivity contribution >= 4 is 0 Å². The molecule has 1 atom stereocenters. The first kappa shape index (κ1) is 14.4. The molecule has 0 heterocycles. The number of hydrogen-bond donors (Lipinski definition) is 0. The molecule has 18 heavy (non-hydrogen) atoms. The van der Waals surface area contributed by atoms with E-state index in [1.165, 1.54) is 0 Å². The lowest BCUT2D eigenvalue weighted by atomic mass is 10.0. The third-order valence-corrected chi connectivity index (χ3v) is 2.62. The highest BCUT2D eigenvalue weighted by molar-refractivity contribution is 5.17. The summed E-state index contributed by atoms with van der Waals surface area (Å²) in [5.41, 5.74) is 1.16. The van der Waals surface area contributed by atoms with Gasteiger partial charge >= 0.3 is 0 Å². The second-order valence-electron chi connectivity index (χ2n) is 4.04. The van der Waals surface area contributed by atoms with Gasteiger partial charge in [0.2, 0.25) is 0 Å². The van der Waals surface area contributed by atoms with E-state index in [0.717, 1.165) is 24.8 Å². The molecular formula is C16H22O2. The van der Waals surface area contributed by atoms with Crippen LogP contribution >= 0.6 is 0 Å². The van der Waals surface area contributed by atoms with E-state index in [1.54, 1.807) is 0 Å². The van der Waals surface area contributed by atoms with E-state index in [1.807, 2.05) is 31.2 Å². The van der Waals surface area contributed by atoms with Crippen molar-refractivity contribution in [1.82, 2.24) is 0 Å². The van der Waals surface area contributed by atoms with Crippen molar-refractivity contribution in [2.45, 2.75) is 32.3 Å². The second-order valence-corrected chi connectivity index (χ2v) is 4.04. The first-order valence-electron chi connectivity index (χ1n) is 6.42. The maximum absolute atomic E-state index is 5.77. The summed E-state index contributed by atoms with van der Waals surface area (Å²) < 4.78 is 11.0.